The van der Waals surface area contributed by atoms with E-state index in [2.05, 4.69) is 42.3 Å². The molecule has 2 nitrogen and oxygen atoms in total. The van der Waals surface area contributed by atoms with Gasteiger partial charge in [0.2, 0.25) is 0 Å². The molecule has 0 amide bonds. The van der Waals surface area contributed by atoms with Crippen LogP contribution >= 0.6 is 23.4 Å². The van der Waals surface area contributed by atoms with Crippen LogP contribution in [0, 0.1) is 6.92 Å². The zero-order valence-corrected chi connectivity index (χ0v) is 13.4. The molecule has 0 unspecified atom stereocenters. The molecule has 1 N–H and O–H groups in total. The van der Waals surface area contributed by atoms with E-state index >= 15 is 0 Å². The third-order valence-corrected chi connectivity index (χ3v) is 4.17. The topological polar surface area (TPSA) is 24.9 Å². The van der Waals surface area contributed by atoms with Crippen LogP contribution in [0.3, 0.4) is 0 Å². The van der Waals surface area contributed by atoms with Gasteiger partial charge in [0, 0.05) is 17.6 Å². The van der Waals surface area contributed by atoms with Gasteiger partial charge in [0.25, 0.3) is 0 Å². The minimum Gasteiger partial charge on any atom is -0.313 e. The van der Waals surface area contributed by atoms with Crippen molar-refractivity contribution in [3.8, 4) is 0 Å². The Morgan fingerprint density at radius 1 is 1.25 bits per heavy atom. The van der Waals surface area contributed by atoms with Crippen molar-refractivity contribution in [2.45, 2.75) is 36.7 Å². The van der Waals surface area contributed by atoms with E-state index in [0.29, 0.717) is 5.02 Å². The van der Waals surface area contributed by atoms with Gasteiger partial charge in [0.05, 0.1) is 5.02 Å². The summed E-state index contributed by atoms with van der Waals surface area (Å²) in [5.74, 6) is 0. The first-order valence-electron chi connectivity index (χ1n) is 6.78. The van der Waals surface area contributed by atoms with Crippen LogP contribution in [0.1, 0.15) is 24.5 Å². The van der Waals surface area contributed by atoms with Crippen molar-refractivity contribution in [3.63, 3.8) is 0 Å². The molecule has 2 aromatic rings. The Hall–Kier alpha value is -1.03. The monoisotopic (exact) mass is 306 g/mol. The van der Waals surface area contributed by atoms with Crippen molar-refractivity contribution in [1.29, 1.82) is 0 Å². The predicted molar refractivity (Wildman–Crippen MR) is 86.5 cm³/mol. The number of aromatic nitrogens is 1. The largest absolute Gasteiger partial charge is 0.313 e. The SMILES string of the molecule is CCCNCc1cc(C)ccc1Sc1ccc(Cl)cn1. The molecule has 2 rings (SSSR count). The van der Waals surface area contributed by atoms with Gasteiger partial charge in [-0.2, -0.15) is 0 Å². The lowest BCUT2D eigenvalue weighted by Crippen LogP contribution is -2.14. The summed E-state index contributed by atoms with van der Waals surface area (Å²) < 4.78 is 0. The first kappa shape index (κ1) is 15.4. The average Bonchev–Trinajstić information content (AvgIpc) is 2.44. The second-order valence-corrected chi connectivity index (χ2v) is 6.20. The molecule has 0 saturated heterocycles. The van der Waals surface area contributed by atoms with Crippen LogP contribution in [0.25, 0.3) is 0 Å². The number of hydrogen-bond acceptors (Lipinski definition) is 3. The first-order valence-corrected chi connectivity index (χ1v) is 7.98. The van der Waals surface area contributed by atoms with Crippen LogP contribution in [0.2, 0.25) is 5.02 Å². The number of hydrogen-bond donors (Lipinski definition) is 1. The van der Waals surface area contributed by atoms with Gasteiger partial charge < -0.3 is 5.32 Å². The Kier molecular flexibility index (Phi) is 5.89. The van der Waals surface area contributed by atoms with Gasteiger partial charge in [0.15, 0.2) is 0 Å². The van der Waals surface area contributed by atoms with Gasteiger partial charge >= 0.3 is 0 Å². The molecule has 0 aliphatic carbocycles. The summed E-state index contributed by atoms with van der Waals surface area (Å²) in [4.78, 5) is 5.59. The minimum atomic E-state index is 0.670. The van der Waals surface area contributed by atoms with E-state index in [1.165, 1.54) is 16.0 Å². The summed E-state index contributed by atoms with van der Waals surface area (Å²) >= 11 is 7.55. The number of nitrogens with one attached hydrogen (secondary N) is 1. The molecule has 0 aliphatic heterocycles. The maximum absolute atomic E-state index is 5.87. The number of halogens is 1. The quantitative estimate of drug-likeness (QED) is 0.783. The van der Waals surface area contributed by atoms with Gasteiger partial charge in [-0.05, 0) is 43.7 Å². The summed E-state index contributed by atoms with van der Waals surface area (Å²) in [5.41, 5.74) is 2.60. The van der Waals surface area contributed by atoms with Crippen molar-refractivity contribution >= 4 is 23.4 Å². The lowest BCUT2D eigenvalue weighted by atomic mass is 10.1. The summed E-state index contributed by atoms with van der Waals surface area (Å²) in [6, 6.07) is 10.4. The summed E-state index contributed by atoms with van der Waals surface area (Å²) in [7, 11) is 0. The third kappa shape index (κ3) is 4.51. The van der Waals surface area contributed by atoms with Crippen LogP contribution in [0.5, 0.6) is 0 Å². The van der Waals surface area contributed by atoms with Crippen LogP contribution in [-0.2, 0) is 6.54 Å². The first-order chi connectivity index (χ1) is 9.69. The Bertz CT molecular complexity index is 555. The van der Waals surface area contributed by atoms with Gasteiger partial charge in [0.1, 0.15) is 5.03 Å². The highest BCUT2D eigenvalue weighted by Gasteiger charge is 2.06. The molecular weight excluding hydrogens is 288 g/mol. The highest BCUT2D eigenvalue weighted by molar-refractivity contribution is 7.99. The van der Waals surface area contributed by atoms with Crippen LogP contribution in [0.15, 0.2) is 46.5 Å². The normalized spacial score (nSPS) is 10.8. The maximum atomic E-state index is 5.87. The van der Waals surface area contributed by atoms with Crippen molar-refractivity contribution in [3.05, 3.63) is 52.7 Å². The smallest absolute Gasteiger partial charge is 0.101 e. The van der Waals surface area contributed by atoms with E-state index in [1.54, 1.807) is 18.0 Å². The molecule has 20 heavy (non-hydrogen) atoms. The second kappa shape index (κ2) is 7.67. The average molecular weight is 307 g/mol. The number of rotatable bonds is 6. The minimum absolute atomic E-state index is 0.670. The van der Waals surface area contributed by atoms with Gasteiger partial charge in [-0.15, -0.1) is 0 Å². The Balaban J connectivity index is 2.15. The van der Waals surface area contributed by atoms with Crippen LogP contribution < -0.4 is 5.32 Å². The zero-order valence-electron chi connectivity index (χ0n) is 11.8. The number of aryl methyl sites for hydroxylation is 1. The van der Waals surface area contributed by atoms with E-state index in [1.807, 2.05) is 12.1 Å². The number of pyridine rings is 1. The van der Waals surface area contributed by atoms with Crippen molar-refractivity contribution in [2.75, 3.05) is 6.54 Å². The lowest BCUT2D eigenvalue weighted by Gasteiger charge is -2.11. The number of benzene rings is 1. The summed E-state index contributed by atoms with van der Waals surface area (Å²) in [5, 5.41) is 5.10. The van der Waals surface area contributed by atoms with Gasteiger partial charge in [-0.25, -0.2) is 4.98 Å². The number of nitrogens with zero attached hydrogens (tertiary/aromatic N) is 1. The molecule has 0 aliphatic rings. The van der Waals surface area contributed by atoms with Gasteiger partial charge in [-0.1, -0.05) is 48.0 Å². The molecule has 0 spiro atoms. The Morgan fingerprint density at radius 3 is 2.80 bits per heavy atom. The summed E-state index contributed by atoms with van der Waals surface area (Å²) in [6.45, 7) is 6.23. The molecule has 0 saturated carbocycles. The van der Waals surface area contributed by atoms with E-state index in [9.17, 15) is 0 Å². The van der Waals surface area contributed by atoms with E-state index in [-0.39, 0.29) is 0 Å². The maximum Gasteiger partial charge on any atom is 0.101 e. The van der Waals surface area contributed by atoms with Crippen molar-refractivity contribution < 1.29 is 0 Å². The van der Waals surface area contributed by atoms with E-state index in [4.69, 9.17) is 11.6 Å². The lowest BCUT2D eigenvalue weighted by molar-refractivity contribution is 0.669. The van der Waals surface area contributed by atoms with E-state index < -0.39 is 0 Å². The fourth-order valence-electron chi connectivity index (χ4n) is 1.88. The molecule has 1 heterocycles. The molecule has 4 heteroatoms. The zero-order chi connectivity index (χ0) is 14.4. The fourth-order valence-corrected chi connectivity index (χ4v) is 2.86. The Labute approximate surface area is 130 Å². The molecule has 1 aromatic carbocycles. The highest BCUT2D eigenvalue weighted by atomic mass is 35.5. The molecule has 0 radical (unpaired) electrons. The third-order valence-electron chi connectivity index (χ3n) is 2.87. The predicted octanol–water partition coefficient (Wildman–Crippen LogP) is 4.69. The standard InChI is InChI=1S/C16H19ClN2S/c1-3-8-18-10-13-9-12(2)4-6-15(13)20-16-7-5-14(17)11-19-16/h4-7,9,11,18H,3,8,10H2,1-2H3. The van der Waals surface area contributed by atoms with Crippen LogP contribution in [0.4, 0.5) is 0 Å². The molecule has 0 bridgehead atoms. The van der Waals surface area contributed by atoms with E-state index in [0.717, 1.165) is 24.5 Å². The van der Waals surface area contributed by atoms with Crippen molar-refractivity contribution in [2.24, 2.45) is 0 Å². The molecule has 0 fully saturated rings. The molecule has 0 atom stereocenters. The fraction of sp³-hybridized carbons (Fsp3) is 0.312. The van der Waals surface area contributed by atoms with Crippen LogP contribution in [-0.4, -0.2) is 11.5 Å². The molecule has 1 aromatic heterocycles. The highest BCUT2D eigenvalue weighted by Crippen LogP contribution is 2.30. The van der Waals surface area contributed by atoms with Gasteiger partial charge in [-0.3, -0.25) is 0 Å². The molecule has 106 valence electrons. The van der Waals surface area contributed by atoms with Crippen molar-refractivity contribution in [1.82, 2.24) is 10.3 Å². The Morgan fingerprint density at radius 2 is 2.10 bits per heavy atom. The molecular formula is C16H19ClN2S. The summed E-state index contributed by atoms with van der Waals surface area (Å²) in [6.07, 6.45) is 2.83. The second-order valence-electron chi connectivity index (χ2n) is 4.70.